The molecule has 0 fully saturated rings. The van der Waals surface area contributed by atoms with Crippen molar-refractivity contribution < 1.29 is 33.3 Å². The highest BCUT2D eigenvalue weighted by molar-refractivity contribution is 6.04. The quantitative estimate of drug-likeness (QED) is 0.586. The van der Waals surface area contributed by atoms with E-state index in [1.165, 1.54) is 14.0 Å². The Hall–Kier alpha value is -3.29. The minimum absolute atomic E-state index is 0.00952. The maximum absolute atomic E-state index is 12.7. The van der Waals surface area contributed by atoms with Gasteiger partial charge in [-0.15, -0.1) is 0 Å². The van der Waals surface area contributed by atoms with Crippen LogP contribution < -0.4 is 9.47 Å². The molecule has 0 unspecified atom stereocenters. The van der Waals surface area contributed by atoms with Gasteiger partial charge >= 0.3 is 11.9 Å². The van der Waals surface area contributed by atoms with Gasteiger partial charge in [-0.2, -0.15) is 0 Å². The van der Waals surface area contributed by atoms with E-state index < -0.39 is 23.8 Å². The van der Waals surface area contributed by atoms with Crippen molar-refractivity contribution in [3.8, 4) is 11.5 Å². The molecule has 1 aliphatic heterocycles. The molecule has 0 bridgehead atoms. The number of Topliss-reactive ketones (excluding diaryl/α,β-unsaturated/α-hetero) is 1. The van der Waals surface area contributed by atoms with Crippen LogP contribution in [0.5, 0.6) is 11.5 Å². The van der Waals surface area contributed by atoms with Crippen LogP contribution in [0.25, 0.3) is 0 Å². The molecule has 8 nitrogen and oxygen atoms in total. The number of rotatable bonds is 6. The van der Waals surface area contributed by atoms with E-state index in [1.54, 1.807) is 32.0 Å². The predicted octanol–water partition coefficient (Wildman–Crippen LogP) is 2.55. The van der Waals surface area contributed by atoms with Crippen LogP contribution in [0.2, 0.25) is 0 Å². The molecule has 0 aliphatic carbocycles. The first-order valence-electron chi connectivity index (χ1n) is 9.21. The SMILES string of the molecule is COC(=O)c1c(C)[nH]c(C(=O)[C@H](C)OC(=O)Cc2ccc3c(c2)OCCO3)c1C. The first-order valence-corrected chi connectivity index (χ1v) is 9.21. The number of benzene rings is 1. The highest BCUT2D eigenvalue weighted by atomic mass is 16.6. The van der Waals surface area contributed by atoms with E-state index in [0.29, 0.717) is 47.1 Å². The smallest absolute Gasteiger partial charge is 0.339 e. The largest absolute Gasteiger partial charge is 0.486 e. The molecule has 2 heterocycles. The number of H-pyrrole nitrogens is 1. The van der Waals surface area contributed by atoms with Gasteiger partial charge in [0.15, 0.2) is 17.6 Å². The van der Waals surface area contributed by atoms with Gasteiger partial charge in [-0.25, -0.2) is 4.79 Å². The number of nitrogens with one attached hydrogen (secondary N) is 1. The van der Waals surface area contributed by atoms with Crippen LogP contribution >= 0.6 is 0 Å². The lowest BCUT2D eigenvalue weighted by Crippen LogP contribution is -2.26. The highest BCUT2D eigenvalue weighted by Gasteiger charge is 2.27. The predicted molar refractivity (Wildman–Crippen MR) is 103 cm³/mol. The molecule has 3 rings (SSSR count). The van der Waals surface area contributed by atoms with Gasteiger partial charge in [0.1, 0.15) is 13.2 Å². The first kappa shape index (κ1) is 20.4. The number of aromatic amines is 1. The topological polar surface area (TPSA) is 104 Å². The summed E-state index contributed by atoms with van der Waals surface area (Å²) >= 11 is 0. The molecule has 0 amide bonds. The van der Waals surface area contributed by atoms with Crippen LogP contribution in [0.15, 0.2) is 18.2 Å². The molecular formula is C21H23NO7. The molecule has 1 aromatic heterocycles. The van der Waals surface area contributed by atoms with Crippen molar-refractivity contribution in [3.63, 3.8) is 0 Å². The number of aryl methyl sites for hydroxylation is 1. The Morgan fingerprint density at radius 3 is 2.52 bits per heavy atom. The van der Waals surface area contributed by atoms with E-state index in [1.807, 2.05) is 0 Å². The minimum Gasteiger partial charge on any atom is -0.486 e. The van der Waals surface area contributed by atoms with E-state index in [0.717, 1.165) is 0 Å². The van der Waals surface area contributed by atoms with E-state index in [4.69, 9.17) is 18.9 Å². The lowest BCUT2D eigenvalue weighted by molar-refractivity contribution is -0.145. The Kier molecular flexibility index (Phi) is 5.91. The van der Waals surface area contributed by atoms with Gasteiger partial charge in [0.25, 0.3) is 0 Å². The van der Waals surface area contributed by atoms with Gasteiger partial charge in [0.2, 0.25) is 5.78 Å². The first-order chi connectivity index (χ1) is 13.8. The van der Waals surface area contributed by atoms with Crippen molar-refractivity contribution in [2.24, 2.45) is 0 Å². The lowest BCUT2D eigenvalue weighted by Gasteiger charge is -2.19. The molecule has 0 spiro atoms. The van der Waals surface area contributed by atoms with Gasteiger partial charge < -0.3 is 23.9 Å². The molecule has 29 heavy (non-hydrogen) atoms. The maximum atomic E-state index is 12.7. The summed E-state index contributed by atoms with van der Waals surface area (Å²) in [5, 5.41) is 0. The minimum atomic E-state index is -1.01. The standard InChI is InChI=1S/C21H23NO7/c1-11-18(21(25)26-4)12(2)22-19(11)20(24)13(3)29-17(23)10-14-5-6-15-16(9-14)28-8-7-27-15/h5-6,9,13,22H,7-8,10H2,1-4H3/t13-/m0/s1. The summed E-state index contributed by atoms with van der Waals surface area (Å²) in [6.07, 6.45) is -1.02. The molecule has 2 aromatic rings. The number of hydrogen-bond donors (Lipinski definition) is 1. The average molecular weight is 401 g/mol. The van der Waals surface area contributed by atoms with Gasteiger partial charge in [-0.05, 0) is 44.0 Å². The number of fused-ring (bicyclic) bond motifs is 1. The number of carbonyl (C=O) groups excluding carboxylic acids is 3. The second-order valence-electron chi connectivity index (χ2n) is 6.77. The van der Waals surface area contributed by atoms with Crippen LogP contribution in [0.4, 0.5) is 0 Å². The average Bonchev–Trinajstić information content (AvgIpc) is 3.00. The lowest BCUT2D eigenvalue weighted by atomic mass is 10.1. The summed E-state index contributed by atoms with van der Waals surface area (Å²) in [7, 11) is 1.28. The summed E-state index contributed by atoms with van der Waals surface area (Å²) in [5.41, 5.74) is 2.22. The Labute approximate surface area is 168 Å². The number of ether oxygens (including phenoxy) is 4. The number of carbonyl (C=O) groups is 3. The Morgan fingerprint density at radius 1 is 1.14 bits per heavy atom. The van der Waals surface area contributed by atoms with E-state index >= 15 is 0 Å². The maximum Gasteiger partial charge on any atom is 0.339 e. The van der Waals surface area contributed by atoms with Crippen molar-refractivity contribution in [2.75, 3.05) is 20.3 Å². The number of aromatic nitrogens is 1. The van der Waals surface area contributed by atoms with Crippen molar-refractivity contribution >= 4 is 17.7 Å². The third-order valence-electron chi connectivity index (χ3n) is 4.71. The molecule has 1 N–H and O–H groups in total. The van der Waals surface area contributed by atoms with Crippen LogP contribution in [0.1, 0.15) is 44.6 Å². The van der Waals surface area contributed by atoms with Crippen molar-refractivity contribution in [1.29, 1.82) is 0 Å². The fourth-order valence-corrected chi connectivity index (χ4v) is 3.26. The Bertz CT molecular complexity index is 960. The number of methoxy groups -OCH3 is 1. The van der Waals surface area contributed by atoms with Gasteiger partial charge in [0.05, 0.1) is 24.8 Å². The van der Waals surface area contributed by atoms with Crippen molar-refractivity contribution in [1.82, 2.24) is 4.98 Å². The summed E-state index contributed by atoms with van der Waals surface area (Å²) in [5.74, 6) is -0.277. The highest BCUT2D eigenvalue weighted by Crippen LogP contribution is 2.31. The molecule has 1 aromatic carbocycles. The van der Waals surface area contributed by atoms with E-state index in [9.17, 15) is 14.4 Å². The monoisotopic (exact) mass is 401 g/mol. The summed E-state index contributed by atoms with van der Waals surface area (Å²) < 4.78 is 21.0. The Balaban J connectivity index is 1.67. The van der Waals surface area contributed by atoms with Gasteiger partial charge in [-0.1, -0.05) is 6.07 Å². The van der Waals surface area contributed by atoms with Crippen LogP contribution in [-0.4, -0.2) is 49.1 Å². The number of esters is 2. The van der Waals surface area contributed by atoms with Crippen LogP contribution in [0, 0.1) is 13.8 Å². The van der Waals surface area contributed by atoms with Crippen molar-refractivity contribution in [3.05, 3.63) is 46.3 Å². The third kappa shape index (κ3) is 4.26. The van der Waals surface area contributed by atoms with Crippen molar-refractivity contribution in [2.45, 2.75) is 33.3 Å². The molecule has 0 saturated carbocycles. The normalized spacial score (nSPS) is 13.5. The molecule has 154 valence electrons. The van der Waals surface area contributed by atoms with Gasteiger partial charge in [0, 0.05) is 5.69 Å². The Morgan fingerprint density at radius 2 is 1.83 bits per heavy atom. The third-order valence-corrected chi connectivity index (χ3v) is 4.71. The zero-order valence-electron chi connectivity index (χ0n) is 16.8. The second-order valence-corrected chi connectivity index (χ2v) is 6.77. The van der Waals surface area contributed by atoms with Crippen LogP contribution in [0.3, 0.4) is 0 Å². The fraction of sp³-hybridized carbons (Fsp3) is 0.381. The molecule has 1 atom stereocenters. The number of hydrogen-bond acceptors (Lipinski definition) is 7. The van der Waals surface area contributed by atoms with Crippen LogP contribution in [-0.2, 0) is 20.7 Å². The molecule has 0 radical (unpaired) electrons. The molecule has 8 heteroatoms. The van der Waals surface area contributed by atoms with E-state index in [2.05, 4.69) is 4.98 Å². The number of ketones is 1. The summed E-state index contributed by atoms with van der Waals surface area (Å²) in [4.78, 5) is 39.8. The molecular weight excluding hydrogens is 378 g/mol. The zero-order valence-corrected chi connectivity index (χ0v) is 16.8. The zero-order chi connectivity index (χ0) is 21.1. The molecule has 1 aliphatic rings. The summed E-state index contributed by atoms with van der Waals surface area (Å²) in [6, 6.07) is 5.22. The van der Waals surface area contributed by atoms with Gasteiger partial charge in [-0.3, -0.25) is 9.59 Å². The summed E-state index contributed by atoms with van der Waals surface area (Å²) in [6.45, 7) is 5.76. The van der Waals surface area contributed by atoms with E-state index in [-0.39, 0.29) is 12.1 Å². The fourth-order valence-electron chi connectivity index (χ4n) is 3.26. The molecule has 0 saturated heterocycles. The second kappa shape index (κ2) is 8.38.